The summed E-state index contributed by atoms with van der Waals surface area (Å²) < 4.78 is 1.63. The van der Waals surface area contributed by atoms with Crippen LogP contribution in [0.4, 0.5) is 5.69 Å². The summed E-state index contributed by atoms with van der Waals surface area (Å²) in [6.45, 7) is 7.92. The fraction of sp³-hybridized carbons (Fsp3) is 0.444. The molecule has 1 atom stereocenters. The molecule has 1 heterocycles. The summed E-state index contributed by atoms with van der Waals surface area (Å²) in [5, 5.41) is 9.57. The molecular weight excluding hydrogens is 318 g/mol. The highest BCUT2D eigenvalue weighted by atomic mass is 16.2. The van der Waals surface area contributed by atoms with Gasteiger partial charge < -0.3 is 10.6 Å². The lowest BCUT2D eigenvalue weighted by atomic mass is 9.90. The average Bonchev–Trinajstić information content (AvgIpc) is 3.07. The van der Waals surface area contributed by atoms with Crippen molar-refractivity contribution >= 4 is 17.5 Å². The van der Waals surface area contributed by atoms with Gasteiger partial charge in [-0.2, -0.15) is 5.10 Å². The third-order valence-corrected chi connectivity index (χ3v) is 3.69. The minimum Gasteiger partial charge on any atom is -0.345 e. The van der Waals surface area contributed by atoms with Crippen molar-refractivity contribution in [2.24, 2.45) is 5.41 Å². The van der Waals surface area contributed by atoms with Crippen molar-refractivity contribution in [3.05, 3.63) is 36.9 Å². The number of hydrogen-bond acceptors (Lipinski definition) is 4. The molecule has 0 fully saturated rings. The zero-order valence-electron chi connectivity index (χ0n) is 15.1. The van der Waals surface area contributed by atoms with Crippen molar-refractivity contribution in [1.82, 2.24) is 20.1 Å². The second-order valence-electron chi connectivity index (χ2n) is 7.23. The van der Waals surface area contributed by atoms with Gasteiger partial charge in [0.25, 0.3) is 0 Å². The lowest BCUT2D eigenvalue weighted by molar-refractivity contribution is -0.126. The van der Waals surface area contributed by atoms with E-state index in [2.05, 4.69) is 41.5 Å². The molecule has 0 aliphatic rings. The van der Waals surface area contributed by atoms with Crippen LogP contribution in [-0.4, -0.2) is 32.6 Å². The van der Waals surface area contributed by atoms with Crippen LogP contribution < -0.4 is 10.6 Å². The summed E-state index contributed by atoms with van der Waals surface area (Å²) in [7, 11) is 0. The number of hydrogen-bond donors (Lipinski definition) is 2. The number of aromatic nitrogens is 3. The Hall–Kier alpha value is -2.70. The first-order chi connectivity index (χ1) is 11.7. The molecule has 7 nitrogen and oxygen atoms in total. The molecule has 1 aromatic heterocycles. The third-order valence-electron chi connectivity index (χ3n) is 3.69. The minimum atomic E-state index is -0.595. The van der Waals surface area contributed by atoms with Crippen molar-refractivity contribution < 1.29 is 9.59 Å². The monoisotopic (exact) mass is 343 g/mol. The Labute approximate surface area is 147 Å². The maximum Gasteiger partial charge on any atom is 0.246 e. The van der Waals surface area contributed by atoms with Crippen molar-refractivity contribution in [3.63, 3.8) is 0 Å². The van der Waals surface area contributed by atoms with Crippen LogP contribution in [0.1, 0.15) is 40.5 Å². The highest BCUT2D eigenvalue weighted by molar-refractivity contribution is 5.96. The molecule has 2 amide bonds. The Morgan fingerprint density at radius 1 is 1.20 bits per heavy atom. The number of rotatable bonds is 6. The minimum absolute atomic E-state index is 0.0919. The number of nitrogens with one attached hydrogen (secondary N) is 2. The van der Waals surface area contributed by atoms with Crippen molar-refractivity contribution in [2.45, 2.75) is 46.6 Å². The van der Waals surface area contributed by atoms with Crippen LogP contribution in [0.3, 0.4) is 0 Å². The molecule has 0 saturated carbocycles. The van der Waals surface area contributed by atoms with E-state index in [9.17, 15) is 9.59 Å². The van der Waals surface area contributed by atoms with Gasteiger partial charge in [0.2, 0.25) is 11.8 Å². The number of amides is 2. The van der Waals surface area contributed by atoms with Gasteiger partial charge in [-0.25, -0.2) is 9.67 Å². The Balaban J connectivity index is 1.85. The van der Waals surface area contributed by atoms with Crippen molar-refractivity contribution in [3.8, 4) is 5.69 Å². The summed E-state index contributed by atoms with van der Waals surface area (Å²) in [5.74, 6) is -0.364. The first-order valence-corrected chi connectivity index (χ1v) is 8.30. The molecule has 0 spiro atoms. The average molecular weight is 343 g/mol. The van der Waals surface area contributed by atoms with Crippen LogP contribution in [0, 0.1) is 5.41 Å². The molecule has 7 heteroatoms. The van der Waals surface area contributed by atoms with Gasteiger partial charge in [0, 0.05) is 12.1 Å². The quantitative estimate of drug-likeness (QED) is 0.843. The van der Waals surface area contributed by atoms with E-state index < -0.39 is 6.04 Å². The predicted octanol–water partition coefficient (Wildman–Crippen LogP) is 2.54. The fourth-order valence-corrected chi connectivity index (χ4v) is 2.16. The standard InChI is InChI=1S/C18H25N5O2/c1-13(21-16(24)9-10-18(2,3)4)17(25)22-14-5-7-15(8-6-14)23-12-19-11-20-23/h5-8,11-13H,9-10H2,1-4H3,(H,21,24)(H,22,25). The van der Waals surface area contributed by atoms with Gasteiger partial charge in [0.1, 0.15) is 18.7 Å². The van der Waals surface area contributed by atoms with E-state index in [0.717, 1.165) is 12.1 Å². The van der Waals surface area contributed by atoms with Gasteiger partial charge in [0.15, 0.2) is 0 Å². The van der Waals surface area contributed by atoms with Crippen molar-refractivity contribution in [2.75, 3.05) is 5.32 Å². The Morgan fingerprint density at radius 2 is 1.88 bits per heavy atom. The molecule has 1 unspecified atom stereocenters. The smallest absolute Gasteiger partial charge is 0.246 e. The number of anilines is 1. The van der Waals surface area contributed by atoms with E-state index in [4.69, 9.17) is 0 Å². The Morgan fingerprint density at radius 3 is 2.44 bits per heavy atom. The van der Waals surface area contributed by atoms with E-state index in [0.29, 0.717) is 12.1 Å². The summed E-state index contributed by atoms with van der Waals surface area (Å²) in [6.07, 6.45) is 4.24. The van der Waals surface area contributed by atoms with E-state index >= 15 is 0 Å². The van der Waals surface area contributed by atoms with E-state index in [1.165, 1.54) is 6.33 Å². The largest absolute Gasteiger partial charge is 0.345 e. The van der Waals surface area contributed by atoms with E-state index in [1.54, 1.807) is 30.1 Å². The molecule has 134 valence electrons. The molecule has 0 bridgehead atoms. The summed E-state index contributed by atoms with van der Waals surface area (Å²) in [4.78, 5) is 28.0. The summed E-state index contributed by atoms with van der Waals surface area (Å²) in [5.41, 5.74) is 1.60. The van der Waals surface area contributed by atoms with Crippen LogP contribution in [0.25, 0.3) is 5.69 Å². The van der Waals surface area contributed by atoms with Gasteiger partial charge in [-0.05, 0) is 43.0 Å². The van der Waals surface area contributed by atoms with Gasteiger partial charge in [-0.1, -0.05) is 20.8 Å². The zero-order valence-corrected chi connectivity index (χ0v) is 15.1. The highest BCUT2D eigenvalue weighted by Gasteiger charge is 2.18. The first kappa shape index (κ1) is 18.6. The summed E-state index contributed by atoms with van der Waals surface area (Å²) in [6, 6.07) is 6.63. The van der Waals surface area contributed by atoms with E-state index in [1.807, 2.05) is 12.1 Å². The Kier molecular flexibility index (Phi) is 5.90. The number of carbonyl (C=O) groups is 2. The lowest BCUT2D eigenvalue weighted by Gasteiger charge is -2.19. The molecule has 0 radical (unpaired) electrons. The van der Waals surface area contributed by atoms with Crippen LogP contribution in [-0.2, 0) is 9.59 Å². The molecule has 0 aliphatic heterocycles. The Bertz CT molecular complexity index is 702. The topological polar surface area (TPSA) is 88.9 Å². The maximum atomic E-state index is 12.2. The molecule has 2 rings (SSSR count). The lowest BCUT2D eigenvalue weighted by Crippen LogP contribution is -2.41. The number of carbonyl (C=O) groups excluding carboxylic acids is 2. The van der Waals surface area contributed by atoms with Crippen LogP contribution in [0.2, 0.25) is 0 Å². The summed E-state index contributed by atoms with van der Waals surface area (Å²) >= 11 is 0. The predicted molar refractivity (Wildman–Crippen MR) is 96.3 cm³/mol. The van der Waals surface area contributed by atoms with Crippen LogP contribution >= 0.6 is 0 Å². The molecule has 2 N–H and O–H groups in total. The van der Waals surface area contributed by atoms with Gasteiger partial charge in [-0.3, -0.25) is 9.59 Å². The number of nitrogens with zero attached hydrogens (tertiary/aromatic N) is 3. The first-order valence-electron chi connectivity index (χ1n) is 8.30. The molecule has 1 aromatic carbocycles. The second kappa shape index (κ2) is 7.92. The zero-order chi connectivity index (χ0) is 18.4. The molecule has 25 heavy (non-hydrogen) atoms. The van der Waals surface area contributed by atoms with Crippen LogP contribution in [0.15, 0.2) is 36.9 Å². The number of benzene rings is 1. The normalized spacial score (nSPS) is 12.5. The fourth-order valence-electron chi connectivity index (χ4n) is 2.16. The molecule has 0 saturated heterocycles. The van der Waals surface area contributed by atoms with E-state index in [-0.39, 0.29) is 17.2 Å². The third kappa shape index (κ3) is 6.02. The molecule has 0 aliphatic carbocycles. The van der Waals surface area contributed by atoms with Gasteiger partial charge in [-0.15, -0.1) is 0 Å². The molecule has 2 aromatic rings. The van der Waals surface area contributed by atoms with Gasteiger partial charge >= 0.3 is 0 Å². The SMILES string of the molecule is CC(NC(=O)CCC(C)(C)C)C(=O)Nc1ccc(-n2cncn2)cc1. The van der Waals surface area contributed by atoms with Gasteiger partial charge in [0.05, 0.1) is 5.69 Å². The second-order valence-corrected chi connectivity index (χ2v) is 7.23. The molecular formula is C18H25N5O2. The van der Waals surface area contributed by atoms with Crippen LogP contribution in [0.5, 0.6) is 0 Å². The van der Waals surface area contributed by atoms with Crippen molar-refractivity contribution in [1.29, 1.82) is 0 Å². The highest BCUT2D eigenvalue weighted by Crippen LogP contribution is 2.20. The maximum absolute atomic E-state index is 12.2.